The first-order chi connectivity index (χ1) is 8.69. The van der Waals surface area contributed by atoms with Crippen molar-refractivity contribution in [1.29, 1.82) is 0 Å². The zero-order chi connectivity index (χ0) is 13.4. The number of hydrogen-bond acceptors (Lipinski definition) is 1. The van der Waals surface area contributed by atoms with Gasteiger partial charge in [-0.2, -0.15) is 0 Å². The SMILES string of the molecule is C=C=C(CCCC)[C@H](O)C#Cc1ccccc1C. The molecule has 0 heterocycles. The fourth-order valence-electron chi connectivity index (χ4n) is 1.64. The van der Waals surface area contributed by atoms with Gasteiger partial charge >= 0.3 is 0 Å². The third kappa shape index (κ3) is 4.26. The predicted molar refractivity (Wildman–Crippen MR) is 76.2 cm³/mol. The summed E-state index contributed by atoms with van der Waals surface area (Å²) >= 11 is 0. The Morgan fingerprint density at radius 3 is 2.72 bits per heavy atom. The Morgan fingerprint density at radius 1 is 1.39 bits per heavy atom. The number of rotatable bonds is 4. The molecule has 94 valence electrons. The van der Waals surface area contributed by atoms with E-state index >= 15 is 0 Å². The molecule has 1 aromatic rings. The third-order valence-electron chi connectivity index (χ3n) is 2.85. The van der Waals surface area contributed by atoms with Crippen LogP contribution in [0.3, 0.4) is 0 Å². The molecule has 0 aliphatic carbocycles. The maximum absolute atomic E-state index is 9.97. The van der Waals surface area contributed by atoms with Crippen molar-refractivity contribution < 1.29 is 5.11 Å². The van der Waals surface area contributed by atoms with Crippen molar-refractivity contribution in [1.82, 2.24) is 0 Å². The van der Waals surface area contributed by atoms with E-state index in [0.717, 1.165) is 36.0 Å². The second-order valence-corrected chi connectivity index (χ2v) is 4.29. The predicted octanol–water partition coefficient (Wildman–Crippen LogP) is 3.61. The van der Waals surface area contributed by atoms with Gasteiger partial charge in [-0.15, -0.1) is 5.73 Å². The van der Waals surface area contributed by atoms with Crippen LogP contribution in [0.1, 0.15) is 37.3 Å². The van der Waals surface area contributed by atoms with Crippen molar-refractivity contribution in [2.75, 3.05) is 0 Å². The molecule has 0 spiro atoms. The Balaban J connectivity index is 2.79. The highest BCUT2D eigenvalue weighted by Gasteiger charge is 2.06. The average Bonchev–Trinajstić information content (AvgIpc) is 2.38. The first-order valence-electron chi connectivity index (χ1n) is 6.33. The molecule has 1 heteroatoms. The Bertz CT molecular complexity index is 496. The standard InChI is InChI=1S/C17H20O/c1-4-6-10-15(5-2)17(18)13-12-16-11-8-7-9-14(16)3/h7-9,11,17-18H,2,4,6,10H2,1,3H3/t17-/m1/s1. The Kier molecular flexibility index (Phi) is 6.01. The van der Waals surface area contributed by atoms with E-state index in [4.69, 9.17) is 0 Å². The van der Waals surface area contributed by atoms with Gasteiger partial charge < -0.3 is 5.11 Å². The van der Waals surface area contributed by atoms with Crippen LogP contribution in [0.15, 0.2) is 42.1 Å². The molecule has 0 aromatic heterocycles. The minimum Gasteiger partial charge on any atom is -0.376 e. The molecular formula is C17H20O. The van der Waals surface area contributed by atoms with E-state index in [9.17, 15) is 5.11 Å². The van der Waals surface area contributed by atoms with Crippen LogP contribution >= 0.6 is 0 Å². The maximum Gasteiger partial charge on any atom is 0.143 e. The van der Waals surface area contributed by atoms with E-state index in [-0.39, 0.29) is 0 Å². The number of hydrogen-bond donors (Lipinski definition) is 1. The molecule has 0 aliphatic rings. The van der Waals surface area contributed by atoms with Gasteiger partial charge in [-0.3, -0.25) is 0 Å². The topological polar surface area (TPSA) is 20.2 Å². The highest BCUT2D eigenvalue weighted by atomic mass is 16.3. The summed E-state index contributed by atoms with van der Waals surface area (Å²) in [7, 11) is 0. The molecule has 0 saturated heterocycles. The lowest BCUT2D eigenvalue weighted by atomic mass is 10.0. The molecule has 1 N–H and O–H groups in total. The van der Waals surface area contributed by atoms with Crippen molar-refractivity contribution in [3.05, 3.63) is 53.3 Å². The summed E-state index contributed by atoms with van der Waals surface area (Å²) in [6.45, 7) is 7.75. The molecule has 18 heavy (non-hydrogen) atoms. The van der Waals surface area contributed by atoms with Gasteiger partial charge in [-0.1, -0.05) is 50.0 Å². The fourth-order valence-corrected chi connectivity index (χ4v) is 1.64. The van der Waals surface area contributed by atoms with Gasteiger partial charge in [0.25, 0.3) is 0 Å². The second kappa shape index (κ2) is 7.56. The molecule has 0 amide bonds. The third-order valence-corrected chi connectivity index (χ3v) is 2.85. The van der Waals surface area contributed by atoms with E-state index in [1.807, 2.05) is 31.2 Å². The molecule has 0 saturated carbocycles. The Hall–Kier alpha value is -1.74. The number of aliphatic hydroxyl groups is 1. The molecule has 0 radical (unpaired) electrons. The Morgan fingerprint density at radius 2 is 2.11 bits per heavy atom. The number of unbranched alkanes of at least 4 members (excludes halogenated alkanes) is 1. The van der Waals surface area contributed by atoms with Crippen molar-refractivity contribution in [2.45, 2.75) is 39.2 Å². The van der Waals surface area contributed by atoms with Gasteiger partial charge in [0.05, 0.1) is 0 Å². The van der Waals surface area contributed by atoms with Crippen LogP contribution in [0.2, 0.25) is 0 Å². The van der Waals surface area contributed by atoms with E-state index in [1.54, 1.807) is 0 Å². The van der Waals surface area contributed by atoms with Crippen molar-refractivity contribution >= 4 is 0 Å². The molecule has 0 fully saturated rings. The molecule has 1 rings (SSSR count). The molecular weight excluding hydrogens is 220 g/mol. The normalized spacial score (nSPS) is 11.1. The summed E-state index contributed by atoms with van der Waals surface area (Å²) in [4.78, 5) is 0. The largest absolute Gasteiger partial charge is 0.376 e. The monoisotopic (exact) mass is 240 g/mol. The molecule has 0 aliphatic heterocycles. The van der Waals surface area contributed by atoms with Crippen molar-refractivity contribution in [2.24, 2.45) is 0 Å². The minimum atomic E-state index is -0.756. The van der Waals surface area contributed by atoms with E-state index in [2.05, 4.69) is 31.1 Å². The van der Waals surface area contributed by atoms with Crippen LogP contribution in [0, 0.1) is 18.8 Å². The van der Waals surface area contributed by atoms with Gasteiger partial charge in [-0.25, -0.2) is 0 Å². The van der Waals surface area contributed by atoms with Gasteiger partial charge in [-0.05, 0) is 31.4 Å². The molecule has 0 bridgehead atoms. The lowest BCUT2D eigenvalue weighted by molar-refractivity contribution is 0.263. The van der Waals surface area contributed by atoms with Gasteiger partial charge in [0.1, 0.15) is 6.10 Å². The number of benzene rings is 1. The van der Waals surface area contributed by atoms with Gasteiger partial charge in [0.15, 0.2) is 0 Å². The van der Waals surface area contributed by atoms with Crippen molar-refractivity contribution in [3.8, 4) is 11.8 Å². The maximum atomic E-state index is 9.97. The summed E-state index contributed by atoms with van der Waals surface area (Å²) in [6.07, 6.45) is 2.17. The van der Waals surface area contributed by atoms with Crippen molar-refractivity contribution in [3.63, 3.8) is 0 Å². The molecule has 1 nitrogen and oxygen atoms in total. The fraction of sp³-hybridized carbons (Fsp3) is 0.353. The van der Waals surface area contributed by atoms with E-state index in [1.165, 1.54) is 0 Å². The average molecular weight is 240 g/mol. The first-order valence-corrected chi connectivity index (χ1v) is 6.33. The van der Waals surface area contributed by atoms with Crippen LogP contribution < -0.4 is 0 Å². The molecule has 1 atom stereocenters. The smallest absolute Gasteiger partial charge is 0.143 e. The Labute approximate surface area is 110 Å². The summed E-state index contributed by atoms with van der Waals surface area (Å²) < 4.78 is 0. The highest BCUT2D eigenvalue weighted by molar-refractivity contribution is 5.42. The number of aryl methyl sites for hydroxylation is 1. The molecule has 0 unspecified atom stereocenters. The van der Waals surface area contributed by atoms with Crippen LogP contribution in [0.25, 0.3) is 0 Å². The van der Waals surface area contributed by atoms with Gasteiger partial charge in [0, 0.05) is 11.1 Å². The van der Waals surface area contributed by atoms with E-state index < -0.39 is 6.10 Å². The quantitative estimate of drug-likeness (QED) is 0.629. The molecule has 1 aromatic carbocycles. The van der Waals surface area contributed by atoms with Crippen LogP contribution in [-0.4, -0.2) is 11.2 Å². The second-order valence-electron chi connectivity index (χ2n) is 4.29. The van der Waals surface area contributed by atoms with Crippen LogP contribution in [-0.2, 0) is 0 Å². The highest BCUT2D eigenvalue weighted by Crippen LogP contribution is 2.11. The van der Waals surface area contributed by atoms with Gasteiger partial charge in [0.2, 0.25) is 0 Å². The summed E-state index contributed by atoms with van der Waals surface area (Å²) in [5.74, 6) is 5.88. The lowest BCUT2D eigenvalue weighted by Crippen LogP contribution is -2.06. The first kappa shape index (κ1) is 14.3. The number of aliphatic hydroxyl groups excluding tert-OH is 1. The lowest BCUT2D eigenvalue weighted by Gasteiger charge is -2.06. The summed E-state index contributed by atoms with van der Waals surface area (Å²) in [5, 5.41) is 9.97. The summed E-state index contributed by atoms with van der Waals surface area (Å²) in [5.41, 5.74) is 5.67. The summed E-state index contributed by atoms with van der Waals surface area (Å²) in [6, 6.07) is 7.90. The van der Waals surface area contributed by atoms with E-state index in [0.29, 0.717) is 0 Å². The minimum absolute atomic E-state index is 0.756. The zero-order valence-electron chi connectivity index (χ0n) is 11.2. The van der Waals surface area contributed by atoms with Crippen LogP contribution in [0.4, 0.5) is 0 Å². The van der Waals surface area contributed by atoms with Crippen LogP contribution in [0.5, 0.6) is 0 Å². The zero-order valence-corrected chi connectivity index (χ0v) is 11.2.